The molecule has 0 atom stereocenters. The monoisotopic (exact) mass is 358 g/mol. The summed E-state index contributed by atoms with van der Waals surface area (Å²) in [6, 6.07) is 6.92. The molecular weight excluding hydrogens is 332 g/mol. The molecule has 1 spiro atoms. The normalized spacial score (nSPS) is 19.7. The van der Waals surface area contributed by atoms with E-state index in [2.05, 4.69) is 22.5 Å². The molecule has 2 saturated heterocycles. The van der Waals surface area contributed by atoms with Crippen LogP contribution in [0.2, 0.25) is 0 Å². The van der Waals surface area contributed by atoms with Crippen molar-refractivity contribution in [2.45, 2.75) is 38.6 Å². The SMILES string of the molecule is CCCN1CCC2(CC1)NC(=O)N(CC(=O)Nc1cccc(C)c1)C2=O. The number of benzene rings is 1. The number of urea groups is 1. The average molecular weight is 358 g/mol. The van der Waals surface area contributed by atoms with Crippen LogP contribution >= 0.6 is 0 Å². The number of hydrogen-bond acceptors (Lipinski definition) is 4. The van der Waals surface area contributed by atoms with Crippen LogP contribution in [0.5, 0.6) is 0 Å². The van der Waals surface area contributed by atoms with E-state index >= 15 is 0 Å². The smallest absolute Gasteiger partial charge is 0.325 e. The Morgan fingerprint density at radius 1 is 1.27 bits per heavy atom. The number of anilines is 1. The highest BCUT2D eigenvalue weighted by Crippen LogP contribution is 2.29. The highest BCUT2D eigenvalue weighted by molar-refractivity contribution is 6.10. The minimum Gasteiger partial charge on any atom is -0.325 e. The van der Waals surface area contributed by atoms with Crippen molar-refractivity contribution in [3.05, 3.63) is 29.8 Å². The Bertz CT molecular complexity index is 710. The Kier molecular flexibility index (Phi) is 5.27. The summed E-state index contributed by atoms with van der Waals surface area (Å²) >= 11 is 0. The highest BCUT2D eigenvalue weighted by atomic mass is 16.2. The molecule has 2 heterocycles. The topological polar surface area (TPSA) is 81.8 Å². The predicted molar refractivity (Wildman–Crippen MR) is 98.7 cm³/mol. The zero-order valence-corrected chi connectivity index (χ0v) is 15.4. The molecule has 0 bridgehead atoms. The van der Waals surface area contributed by atoms with Gasteiger partial charge in [0.15, 0.2) is 0 Å². The third-order valence-corrected chi connectivity index (χ3v) is 5.10. The molecule has 1 aromatic rings. The number of carbonyl (C=O) groups excluding carboxylic acids is 3. The van der Waals surface area contributed by atoms with E-state index in [-0.39, 0.29) is 18.4 Å². The molecule has 26 heavy (non-hydrogen) atoms. The molecule has 4 amide bonds. The van der Waals surface area contributed by atoms with Crippen molar-refractivity contribution in [1.82, 2.24) is 15.1 Å². The third kappa shape index (κ3) is 3.72. The number of likely N-dealkylation sites (tertiary alicyclic amines) is 1. The molecule has 0 aromatic heterocycles. The maximum atomic E-state index is 12.8. The standard InChI is InChI=1S/C19H26N4O3/c1-3-9-22-10-7-19(8-11-22)17(25)23(18(26)21-19)13-16(24)20-15-6-4-5-14(2)12-15/h4-6,12H,3,7-11,13H2,1-2H3,(H,20,24)(H,21,26). The maximum Gasteiger partial charge on any atom is 0.325 e. The molecule has 0 aliphatic carbocycles. The zero-order chi connectivity index (χ0) is 18.7. The molecule has 0 saturated carbocycles. The van der Waals surface area contributed by atoms with Crippen LogP contribution < -0.4 is 10.6 Å². The number of rotatable bonds is 5. The van der Waals surface area contributed by atoms with Crippen LogP contribution in [0.1, 0.15) is 31.7 Å². The maximum absolute atomic E-state index is 12.8. The molecule has 2 aliphatic heterocycles. The Hall–Kier alpha value is -2.41. The van der Waals surface area contributed by atoms with Gasteiger partial charge in [0.2, 0.25) is 5.91 Å². The molecule has 0 radical (unpaired) electrons. The van der Waals surface area contributed by atoms with Gasteiger partial charge in [-0.25, -0.2) is 4.79 Å². The van der Waals surface area contributed by atoms with Crippen molar-refractivity contribution in [3.8, 4) is 0 Å². The van der Waals surface area contributed by atoms with Gasteiger partial charge in [0.1, 0.15) is 12.1 Å². The van der Waals surface area contributed by atoms with E-state index in [9.17, 15) is 14.4 Å². The Morgan fingerprint density at radius 3 is 2.65 bits per heavy atom. The van der Waals surface area contributed by atoms with E-state index in [4.69, 9.17) is 0 Å². The van der Waals surface area contributed by atoms with Gasteiger partial charge in [0.05, 0.1) is 0 Å². The largest absolute Gasteiger partial charge is 0.325 e. The fourth-order valence-electron chi connectivity index (χ4n) is 3.70. The fraction of sp³-hybridized carbons (Fsp3) is 0.526. The average Bonchev–Trinajstić information content (AvgIpc) is 2.82. The molecule has 0 unspecified atom stereocenters. The van der Waals surface area contributed by atoms with Crippen LogP contribution in [-0.4, -0.2) is 59.4 Å². The molecule has 7 nitrogen and oxygen atoms in total. The summed E-state index contributed by atoms with van der Waals surface area (Å²) in [7, 11) is 0. The van der Waals surface area contributed by atoms with Crippen LogP contribution in [0, 0.1) is 6.92 Å². The first-order valence-corrected chi connectivity index (χ1v) is 9.16. The fourth-order valence-corrected chi connectivity index (χ4v) is 3.70. The van der Waals surface area contributed by atoms with Crippen molar-refractivity contribution in [2.24, 2.45) is 0 Å². The number of piperidine rings is 1. The first kappa shape index (κ1) is 18.4. The Morgan fingerprint density at radius 2 is 2.00 bits per heavy atom. The van der Waals surface area contributed by atoms with Gasteiger partial charge in [-0.1, -0.05) is 19.1 Å². The van der Waals surface area contributed by atoms with Crippen LogP contribution in [0.15, 0.2) is 24.3 Å². The van der Waals surface area contributed by atoms with Gasteiger partial charge < -0.3 is 15.5 Å². The lowest BCUT2D eigenvalue weighted by atomic mass is 9.87. The van der Waals surface area contributed by atoms with Gasteiger partial charge >= 0.3 is 6.03 Å². The summed E-state index contributed by atoms with van der Waals surface area (Å²) < 4.78 is 0. The number of aryl methyl sites for hydroxylation is 1. The number of hydrogen-bond donors (Lipinski definition) is 2. The molecule has 7 heteroatoms. The van der Waals surface area contributed by atoms with Crippen LogP contribution in [-0.2, 0) is 9.59 Å². The molecule has 1 aromatic carbocycles. The Labute approximate surface area is 153 Å². The first-order valence-electron chi connectivity index (χ1n) is 9.16. The minimum atomic E-state index is -0.842. The van der Waals surface area contributed by atoms with E-state index < -0.39 is 11.6 Å². The third-order valence-electron chi connectivity index (χ3n) is 5.10. The lowest BCUT2D eigenvalue weighted by Crippen LogP contribution is -2.55. The van der Waals surface area contributed by atoms with E-state index in [1.807, 2.05) is 25.1 Å². The van der Waals surface area contributed by atoms with Crippen LogP contribution in [0.25, 0.3) is 0 Å². The number of amides is 4. The number of carbonyl (C=O) groups is 3. The van der Waals surface area contributed by atoms with Gasteiger partial charge in [-0.3, -0.25) is 14.5 Å². The number of nitrogens with one attached hydrogen (secondary N) is 2. The molecule has 2 fully saturated rings. The summed E-state index contributed by atoms with van der Waals surface area (Å²) in [5.41, 5.74) is 0.838. The molecule has 140 valence electrons. The minimum absolute atomic E-state index is 0.265. The van der Waals surface area contributed by atoms with Crippen LogP contribution in [0.4, 0.5) is 10.5 Å². The second-order valence-electron chi connectivity index (χ2n) is 7.16. The van der Waals surface area contributed by atoms with E-state index in [1.165, 1.54) is 0 Å². The molecular formula is C19H26N4O3. The van der Waals surface area contributed by atoms with Gasteiger partial charge in [-0.15, -0.1) is 0 Å². The number of imide groups is 1. The van der Waals surface area contributed by atoms with E-state index in [1.54, 1.807) is 6.07 Å². The molecule has 3 rings (SSSR count). The van der Waals surface area contributed by atoms with E-state index in [0.717, 1.165) is 36.5 Å². The van der Waals surface area contributed by atoms with Gasteiger partial charge in [-0.2, -0.15) is 0 Å². The second kappa shape index (κ2) is 7.45. The van der Waals surface area contributed by atoms with Crippen molar-refractivity contribution < 1.29 is 14.4 Å². The van der Waals surface area contributed by atoms with Crippen molar-refractivity contribution >= 4 is 23.5 Å². The Balaban J connectivity index is 1.61. The lowest BCUT2D eigenvalue weighted by molar-refractivity contribution is -0.135. The van der Waals surface area contributed by atoms with Crippen molar-refractivity contribution in [2.75, 3.05) is 31.5 Å². The molecule has 2 aliphatic rings. The predicted octanol–water partition coefficient (Wildman–Crippen LogP) is 1.73. The van der Waals surface area contributed by atoms with Gasteiger partial charge in [0, 0.05) is 18.8 Å². The first-order chi connectivity index (χ1) is 12.4. The number of nitrogens with zero attached hydrogens (tertiary/aromatic N) is 2. The van der Waals surface area contributed by atoms with Crippen molar-refractivity contribution in [3.63, 3.8) is 0 Å². The van der Waals surface area contributed by atoms with Gasteiger partial charge in [-0.05, 0) is 50.4 Å². The van der Waals surface area contributed by atoms with E-state index in [0.29, 0.717) is 18.5 Å². The summed E-state index contributed by atoms with van der Waals surface area (Å²) in [6.07, 6.45) is 2.25. The summed E-state index contributed by atoms with van der Waals surface area (Å²) in [6.45, 7) is 6.36. The second-order valence-corrected chi connectivity index (χ2v) is 7.16. The lowest BCUT2D eigenvalue weighted by Gasteiger charge is -2.37. The van der Waals surface area contributed by atoms with Gasteiger partial charge in [0.25, 0.3) is 5.91 Å². The summed E-state index contributed by atoms with van der Waals surface area (Å²) in [5.74, 6) is -0.655. The van der Waals surface area contributed by atoms with Crippen molar-refractivity contribution in [1.29, 1.82) is 0 Å². The molecule has 2 N–H and O–H groups in total. The van der Waals surface area contributed by atoms with Crippen LogP contribution in [0.3, 0.4) is 0 Å². The summed E-state index contributed by atoms with van der Waals surface area (Å²) in [4.78, 5) is 40.8. The quantitative estimate of drug-likeness (QED) is 0.786. The highest BCUT2D eigenvalue weighted by Gasteiger charge is 2.52. The zero-order valence-electron chi connectivity index (χ0n) is 15.4. The summed E-state index contributed by atoms with van der Waals surface area (Å²) in [5, 5.41) is 5.59.